The molecule has 0 spiro atoms. The summed E-state index contributed by atoms with van der Waals surface area (Å²) in [5, 5.41) is 0.433. The van der Waals surface area contributed by atoms with Gasteiger partial charge in [0.05, 0.1) is 11.6 Å². The fraction of sp³-hybridized carbons (Fsp3) is 0.353. The number of halogens is 1. The average Bonchev–Trinajstić information content (AvgIpc) is 2.49. The molecule has 0 fully saturated rings. The molecule has 5 nitrogen and oxygen atoms in total. The van der Waals surface area contributed by atoms with Crippen LogP contribution in [0.2, 0.25) is 5.02 Å². The summed E-state index contributed by atoms with van der Waals surface area (Å²) in [6, 6.07) is 8.29. The molecule has 24 heavy (non-hydrogen) atoms. The Morgan fingerprint density at radius 1 is 1.21 bits per heavy atom. The molecule has 2 aromatic rings. The third kappa shape index (κ3) is 4.39. The Bertz CT molecular complexity index is 813. The molecule has 7 heteroatoms. The lowest BCUT2D eigenvalue weighted by Crippen LogP contribution is -2.18. The zero-order valence-electron chi connectivity index (χ0n) is 14.1. The number of ether oxygens (including phenoxy) is 1. The summed E-state index contributed by atoms with van der Waals surface area (Å²) in [5.74, 6) is 0.509. The zero-order chi connectivity index (χ0) is 18.0. The Kier molecular flexibility index (Phi) is 5.40. The molecule has 1 aromatic carbocycles. The van der Waals surface area contributed by atoms with Crippen LogP contribution in [0.4, 0.5) is 5.82 Å². The molecule has 0 aliphatic carbocycles. The number of pyridine rings is 1. The van der Waals surface area contributed by atoms with Gasteiger partial charge in [-0.25, -0.2) is 13.4 Å². The molecule has 1 aromatic heterocycles. The maximum absolute atomic E-state index is 12.8. The second kappa shape index (κ2) is 6.99. The van der Waals surface area contributed by atoms with Crippen molar-refractivity contribution in [3.63, 3.8) is 0 Å². The van der Waals surface area contributed by atoms with Gasteiger partial charge in [0.25, 0.3) is 10.0 Å². The number of rotatable bonds is 5. The first-order chi connectivity index (χ1) is 11.1. The highest BCUT2D eigenvalue weighted by Crippen LogP contribution is 2.32. The summed E-state index contributed by atoms with van der Waals surface area (Å²) in [4.78, 5) is 4.06. The SMILES string of the molecule is CCOc1ccc(C(C)(C)C)cc1S(=O)(=O)Nc1ccc(Cl)cn1. The van der Waals surface area contributed by atoms with Gasteiger partial charge >= 0.3 is 0 Å². The van der Waals surface area contributed by atoms with E-state index in [1.807, 2.05) is 33.8 Å². The molecule has 0 aliphatic rings. The number of nitrogens with one attached hydrogen (secondary N) is 1. The van der Waals surface area contributed by atoms with E-state index in [1.165, 1.54) is 12.3 Å². The molecule has 0 radical (unpaired) electrons. The Balaban J connectivity index is 2.48. The van der Waals surface area contributed by atoms with Gasteiger partial charge in [-0.2, -0.15) is 0 Å². The Morgan fingerprint density at radius 2 is 1.92 bits per heavy atom. The second-order valence-electron chi connectivity index (χ2n) is 6.31. The maximum atomic E-state index is 12.8. The molecular weight excluding hydrogens is 348 g/mol. The number of anilines is 1. The zero-order valence-corrected chi connectivity index (χ0v) is 15.7. The van der Waals surface area contributed by atoms with E-state index in [9.17, 15) is 8.42 Å². The van der Waals surface area contributed by atoms with Gasteiger partial charge < -0.3 is 4.74 Å². The van der Waals surface area contributed by atoms with Gasteiger partial charge in [0.1, 0.15) is 16.5 Å². The highest BCUT2D eigenvalue weighted by Gasteiger charge is 2.24. The number of aromatic nitrogens is 1. The number of nitrogens with zero attached hydrogens (tertiary/aromatic N) is 1. The van der Waals surface area contributed by atoms with Crippen molar-refractivity contribution < 1.29 is 13.2 Å². The summed E-state index contributed by atoms with van der Waals surface area (Å²) in [5.41, 5.74) is 0.712. The van der Waals surface area contributed by atoms with Crippen molar-refractivity contribution in [2.75, 3.05) is 11.3 Å². The number of hydrogen-bond acceptors (Lipinski definition) is 4. The quantitative estimate of drug-likeness (QED) is 0.857. The smallest absolute Gasteiger partial charge is 0.266 e. The van der Waals surface area contributed by atoms with Gasteiger partial charge in [0.15, 0.2) is 0 Å². The van der Waals surface area contributed by atoms with Crippen LogP contribution in [0.25, 0.3) is 0 Å². The van der Waals surface area contributed by atoms with Crippen LogP contribution in [-0.4, -0.2) is 20.0 Å². The predicted octanol–water partition coefficient (Wildman–Crippen LogP) is 4.23. The van der Waals surface area contributed by atoms with Crippen molar-refractivity contribution in [2.45, 2.75) is 38.0 Å². The molecule has 0 saturated carbocycles. The molecule has 0 bridgehead atoms. The van der Waals surface area contributed by atoms with E-state index in [1.54, 1.807) is 18.2 Å². The molecule has 0 saturated heterocycles. The van der Waals surface area contributed by atoms with E-state index in [0.717, 1.165) is 5.56 Å². The monoisotopic (exact) mass is 368 g/mol. The van der Waals surface area contributed by atoms with Crippen LogP contribution in [0, 0.1) is 0 Å². The van der Waals surface area contributed by atoms with Crippen molar-refractivity contribution in [3.8, 4) is 5.75 Å². The van der Waals surface area contributed by atoms with Crippen molar-refractivity contribution in [1.29, 1.82) is 0 Å². The van der Waals surface area contributed by atoms with Crippen molar-refractivity contribution in [1.82, 2.24) is 4.98 Å². The van der Waals surface area contributed by atoms with Crippen LogP contribution in [0.1, 0.15) is 33.3 Å². The van der Waals surface area contributed by atoms with Crippen LogP contribution in [0.5, 0.6) is 5.75 Å². The standard InChI is InChI=1S/C17H21ClN2O3S/c1-5-23-14-8-6-12(17(2,3)4)10-15(14)24(21,22)20-16-9-7-13(18)11-19-16/h6-11H,5H2,1-4H3,(H,19,20). The van der Waals surface area contributed by atoms with E-state index in [4.69, 9.17) is 16.3 Å². The fourth-order valence-corrected chi connectivity index (χ4v) is 3.38. The van der Waals surface area contributed by atoms with Crippen LogP contribution < -0.4 is 9.46 Å². The molecule has 130 valence electrons. The summed E-state index contributed by atoms with van der Waals surface area (Å²) >= 11 is 5.78. The van der Waals surface area contributed by atoms with Gasteiger partial charge in [-0.3, -0.25) is 4.72 Å². The lowest BCUT2D eigenvalue weighted by Gasteiger charge is -2.21. The van der Waals surface area contributed by atoms with Gasteiger partial charge in [0, 0.05) is 6.20 Å². The summed E-state index contributed by atoms with van der Waals surface area (Å²) in [6.07, 6.45) is 1.38. The third-order valence-electron chi connectivity index (χ3n) is 3.37. The minimum absolute atomic E-state index is 0.0912. The van der Waals surface area contributed by atoms with E-state index < -0.39 is 10.0 Å². The average molecular weight is 369 g/mol. The maximum Gasteiger partial charge on any atom is 0.266 e. The molecule has 0 atom stereocenters. The van der Waals surface area contributed by atoms with E-state index >= 15 is 0 Å². The summed E-state index contributed by atoms with van der Waals surface area (Å²) in [6.45, 7) is 8.24. The molecule has 2 rings (SSSR count). The van der Waals surface area contributed by atoms with Crippen molar-refractivity contribution >= 4 is 27.4 Å². The largest absolute Gasteiger partial charge is 0.492 e. The summed E-state index contributed by atoms with van der Waals surface area (Å²) in [7, 11) is -3.84. The Morgan fingerprint density at radius 3 is 2.46 bits per heavy atom. The Labute approximate surface area is 148 Å². The van der Waals surface area contributed by atoms with Crippen LogP contribution in [-0.2, 0) is 15.4 Å². The van der Waals surface area contributed by atoms with Crippen LogP contribution in [0.15, 0.2) is 41.4 Å². The predicted molar refractivity (Wildman–Crippen MR) is 96.4 cm³/mol. The highest BCUT2D eigenvalue weighted by molar-refractivity contribution is 7.92. The molecular formula is C17H21ClN2O3S. The number of benzene rings is 1. The lowest BCUT2D eigenvalue weighted by molar-refractivity contribution is 0.331. The molecule has 0 amide bonds. The van der Waals surface area contributed by atoms with Gasteiger partial charge in [-0.15, -0.1) is 0 Å². The van der Waals surface area contributed by atoms with Crippen LogP contribution >= 0.6 is 11.6 Å². The van der Waals surface area contributed by atoms with E-state index in [-0.39, 0.29) is 16.1 Å². The van der Waals surface area contributed by atoms with E-state index in [2.05, 4.69) is 9.71 Å². The minimum atomic E-state index is -3.84. The second-order valence-corrected chi connectivity index (χ2v) is 8.40. The minimum Gasteiger partial charge on any atom is -0.492 e. The van der Waals surface area contributed by atoms with Crippen molar-refractivity contribution in [2.24, 2.45) is 0 Å². The normalized spacial score (nSPS) is 12.0. The number of hydrogen-bond donors (Lipinski definition) is 1. The highest BCUT2D eigenvalue weighted by atomic mass is 35.5. The van der Waals surface area contributed by atoms with Crippen LogP contribution in [0.3, 0.4) is 0 Å². The first-order valence-electron chi connectivity index (χ1n) is 7.55. The van der Waals surface area contributed by atoms with Gasteiger partial charge in [-0.1, -0.05) is 38.4 Å². The van der Waals surface area contributed by atoms with Crippen molar-refractivity contribution in [3.05, 3.63) is 47.1 Å². The molecule has 0 unspecified atom stereocenters. The first-order valence-corrected chi connectivity index (χ1v) is 9.41. The lowest BCUT2D eigenvalue weighted by atomic mass is 9.87. The summed E-state index contributed by atoms with van der Waals surface area (Å²) < 4.78 is 33.5. The first kappa shape index (κ1) is 18.5. The van der Waals surface area contributed by atoms with Gasteiger partial charge in [0.2, 0.25) is 0 Å². The fourth-order valence-electron chi connectivity index (χ4n) is 2.09. The molecule has 0 aliphatic heterocycles. The van der Waals surface area contributed by atoms with Gasteiger partial charge in [-0.05, 0) is 42.2 Å². The molecule has 1 heterocycles. The van der Waals surface area contributed by atoms with E-state index in [0.29, 0.717) is 17.4 Å². The third-order valence-corrected chi connectivity index (χ3v) is 4.96. The number of sulfonamides is 1. The molecule has 1 N–H and O–H groups in total. The topological polar surface area (TPSA) is 68.3 Å². The Hall–Kier alpha value is -1.79.